The minimum Gasteiger partial charge on any atom is -0.326 e. The molecule has 0 saturated heterocycles. The molecular weight excluding hydrogens is 316 g/mol. The summed E-state index contributed by atoms with van der Waals surface area (Å²) >= 11 is 0. The SMILES string of the molecule is CC(=O)Nc1ccc(-c2nccn2-c2ccc3c(c2)nnn3C)cc1. The van der Waals surface area contributed by atoms with Crippen molar-refractivity contribution < 1.29 is 4.79 Å². The normalized spacial score (nSPS) is 11.0. The number of amides is 1. The first-order chi connectivity index (χ1) is 12.1. The zero-order valence-electron chi connectivity index (χ0n) is 13.8. The van der Waals surface area contributed by atoms with Crippen LogP contribution in [0.3, 0.4) is 0 Å². The largest absolute Gasteiger partial charge is 0.326 e. The average molecular weight is 332 g/mol. The molecular formula is C18H16N6O. The van der Waals surface area contributed by atoms with Crippen LogP contribution in [0.4, 0.5) is 5.69 Å². The fourth-order valence-corrected chi connectivity index (χ4v) is 2.81. The molecule has 0 atom stereocenters. The van der Waals surface area contributed by atoms with Crippen molar-refractivity contribution in [3.63, 3.8) is 0 Å². The summed E-state index contributed by atoms with van der Waals surface area (Å²) in [6, 6.07) is 13.6. The summed E-state index contributed by atoms with van der Waals surface area (Å²) in [5.41, 5.74) is 4.49. The van der Waals surface area contributed by atoms with Gasteiger partial charge >= 0.3 is 0 Å². The van der Waals surface area contributed by atoms with Crippen LogP contribution in [-0.4, -0.2) is 30.5 Å². The van der Waals surface area contributed by atoms with Gasteiger partial charge in [0, 0.05) is 43.3 Å². The summed E-state index contributed by atoms with van der Waals surface area (Å²) < 4.78 is 3.75. The molecule has 7 heteroatoms. The summed E-state index contributed by atoms with van der Waals surface area (Å²) in [6.07, 6.45) is 3.67. The molecule has 2 heterocycles. The molecule has 0 spiro atoms. The minimum atomic E-state index is -0.0912. The molecule has 0 aliphatic carbocycles. The standard InChI is InChI=1S/C18H16N6O/c1-12(25)20-14-5-3-13(4-6-14)18-19-9-10-24(18)15-7-8-17-16(11-15)21-22-23(17)2/h3-11H,1-2H3,(H,20,25). The highest BCUT2D eigenvalue weighted by molar-refractivity contribution is 5.88. The van der Waals surface area contributed by atoms with Gasteiger partial charge in [-0.3, -0.25) is 9.36 Å². The van der Waals surface area contributed by atoms with Crippen LogP contribution >= 0.6 is 0 Å². The predicted octanol–water partition coefficient (Wildman–Crippen LogP) is 2.78. The zero-order valence-corrected chi connectivity index (χ0v) is 13.8. The third-order valence-corrected chi connectivity index (χ3v) is 3.98. The van der Waals surface area contributed by atoms with Crippen LogP contribution < -0.4 is 5.32 Å². The van der Waals surface area contributed by atoms with Gasteiger partial charge in [-0.1, -0.05) is 5.21 Å². The number of aromatic nitrogens is 5. The van der Waals surface area contributed by atoms with Gasteiger partial charge in [0.25, 0.3) is 0 Å². The topological polar surface area (TPSA) is 77.6 Å². The molecule has 0 bridgehead atoms. The van der Waals surface area contributed by atoms with Crippen molar-refractivity contribution in [3.05, 3.63) is 54.9 Å². The Hall–Kier alpha value is -3.48. The molecule has 1 N–H and O–H groups in total. The summed E-state index contributed by atoms with van der Waals surface area (Å²) in [5, 5.41) is 11.0. The van der Waals surface area contributed by atoms with E-state index in [1.807, 2.05) is 60.3 Å². The smallest absolute Gasteiger partial charge is 0.221 e. The number of hydrogen-bond donors (Lipinski definition) is 1. The fourth-order valence-electron chi connectivity index (χ4n) is 2.81. The molecule has 7 nitrogen and oxygen atoms in total. The van der Waals surface area contributed by atoms with Gasteiger partial charge in [-0.15, -0.1) is 5.10 Å². The first-order valence-corrected chi connectivity index (χ1v) is 7.83. The summed E-state index contributed by atoms with van der Waals surface area (Å²) in [5.74, 6) is 0.726. The number of carbonyl (C=O) groups excluding carboxylic acids is 1. The van der Waals surface area contributed by atoms with Gasteiger partial charge in [0.05, 0.1) is 5.52 Å². The number of nitrogens with one attached hydrogen (secondary N) is 1. The van der Waals surface area contributed by atoms with E-state index in [1.165, 1.54) is 6.92 Å². The lowest BCUT2D eigenvalue weighted by Crippen LogP contribution is -2.05. The highest BCUT2D eigenvalue weighted by Crippen LogP contribution is 2.24. The van der Waals surface area contributed by atoms with Crippen LogP contribution in [0.1, 0.15) is 6.92 Å². The van der Waals surface area contributed by atoms with Crippen molar-refractivity contribution >= 4 is 22.6 Å². The van der Waals surface area contributed by atoms with Gasteiger partial charge in [0.1, 0.15) is 11.3 Å². The van der Waals surface area contributed by atoms with Crippen LogP contribution in [0, 0.1) is 0 Å². The lowest BCUT2D eigenvalue weighted by molar-refractivity contribution is -0.114. The van der Waals surface area contributed by atoms with Crippen LogP contribution in [0.25, 0.3) is 28.1 Å². The number of aryl methyl sites for hydroxylation is 1. The second kappa shape index (κ2) is 5.86. The minimum absolute atomic E-state index is 0.0912. The molecule has 124 valence electrons. The maximum atomic E-state index is 11.1. The highest BCUT2D eigenvalue weighted by Gasteiger charge is 2.10. The van der Waals surface area contributed by atoms with Crippen molar-refractivity contribution in [3.8, 4) is 17.1 Å². The van der Waals surface area contributed by atoms with Crippen molar-refractivity contribution in [2.45, 2.75) is 6.92 Å². The maximum absolute atomic E-state index is 11.1. The molecule has 4 aromatic rings. The molecule has 0 saturated carbocycles. The van der Waals surface area contributed by atoms with Gasteiger partial charge < -0.3 is 5.32 Å². The van der Waals surface area contributed by atoms with E-state index in [0.29, 0.717) is 0 Å². The van der Waals surface area contributed by atoms with E-state index >= 15 is 0 Å². The number of fused-ring (bicyclic) bond motifs is 1. The molecule has 0 radical (unpaired) electrons. The average Bonchev–Trinajstić information content (AvgIpc) is 3.22. The molecule has 0 fully saturated rings. The van der Waals surface area contributed by atoms with Crippen LogP contribution in [0.15, 0.2) is 54.9 Å². The van der Waals surface area contributed by atoms with Gasteiger partial charge in [-0.05, 0) is 42.5 Å². The fraction of sp³-hybridized carbons (Fsp3) is 0.111. The highest BCUT2D eigenvalue weighted by atomic mass is 16.1. The third kappa shape index (κ3) is 2.76. The molecule has 4 rings (SSSR count). The number of rotatable bonds is 3. The van der Waals surface area contributed by atoms with Crippen molar-refractivity contribution in [1.29, 1.82) is 0 Å². The van der Waals surface area contributed by atoms with Gasteiger partial charge in [0.2, 0.25) is 5.91 Å². The van der Waals surface area contributed by atoms with E-state index in [0.717, 1.165) is 33.8 Å². The van der Waals surface area contributed by atoms with Crippen molar-refractivity contribution in [1.82, 2.24) is 24.5 Å². The Bertz CT molecular complexity index is 1060. The summed E-state index contributed by atoms with van der Waals surface area (Å²) in [7, 11) is 1.87. The van der Waals surface area contributed by atoms with E-state index in [-0.39, 0.29) is 5.91 Å². The monoisotopic (exact) mass is 332 g/mol. The molecule has 0 aliphatic rings. The Morgan fingerprint density at radius 3 is 2.68 bits per heavy atom. The number of carbonyl (C=O) groups is 1. The molecule has 0 unspecified atom stereocenters. The number of imidazole rings is 1. The molecule has 2 aromatic carbocycles. The number of anilines is 1. The van der Waals surface area contributed by atoms with Gasteiger partial charge in [-0.2, -0.15) is 0 Å². The van der Waals surface area contributed by atoms with Crippen LogP contribution in [0.5, 0.6) is 0 Å². The van der Waals surface area contributed by atoms with E-state index in [9.17, 15) is 4.79 Å². The Labute approximate surface area is 143 Å². The number of hydrogen-bond acceptors (Lipinski definition) is 4. The first-order valence-electron chi connectivity index (χ1n) is 7.83. The van der Waals surface area contributed by atoms with E-state index in [1.54, 1.807) is 10.9 Å². The third-order valence-electron chi connectivity index (χ3n) is 3.98. The zero-order chi connectivity index (χ0) is 17.4. The summed E-state index contributed by atoms with van der Waals surface area (Å²) in [4.78, 5) is 15.6. The molecule has 25 heavy (non-hydrogen) atoms. The quantitative estimate of drug-likeness (QED) is 0.626. The lowest BCUT2D eigenvalue weighted by Gasteiger charge is -2.09. The second-order valence-corrected chi connectivity index (χ2v) is 5.77. The van der Waals surface area contributed by atoms with Crippen molar-refractivity contribution in [2.75, 3.05) is 5.32 Å². The van der Waals surface area contributed by atoms with Gasteiger partial charge in [0.15, 0.2) is 0 Å². The Balaban J connectivity index is 1.73. The Kier molecular flexibility index (Phi) is 3.53. The molecule has 0 aliphatic heterocycles. The number of benzene rings is 2. The Morgan fingerprint density at radius 1 is 1.12 bits per heavy atom. The maximum Gasteiger partial charge on any atom is 0.221 e. The lowest BCUT2D eigenvalue weighted by atomic mass is 10.2. The first kappa shape index (κ1) is 15.1. The van der Waals surface area contributed by atoms with E-state index in [2.05, 4.69) is 20.6 Å². The molecule has 2 aromatic heterocycles. The van der Waals surface area contributed by atoms with E-state index < -0.39 is 0 Å². The second-order valence-electron chi connectivity index (χ2n) is 5.77. The molecule has 1 amide bonds. The van der Waals surface area contributed by atoms with Crippen LogP contribution in [-0.2, 0) is 11.8 Å². The summed E-state index contributed by atoms with van der Waals surface area (Å²) in [6.45, 7) is 1.49. The van der Waals surface area contributed by atoms with Crippen LogP contribution in [0.2, 0.25) is 0 Å². The Morgan fingerprint density at radius 2 is 1.92 bits per heavy atom. The number of nitrogens with zero attached hydrogens (tertiary/aromatic N) is 5. The predicted molar refractivity (Wildman–Crippen MR) is 95.4 cm³/mol. The van der Waals surface area contributed by atoms with E-state index in [4.69, 9.17) is 0 Å². The van der Waals surface area contributed by atoms with Crippen molar-refractivity contribution in [2.24, 2.45) is 7.05 Å². The van der Waals surface area contributed by atoms with Gasteiger partial charge in [-0.25, -0.2) is 9.67 Å².